The molecule has 5 heteroatoms. The van der Waals surface area contributed by atoms with Crippen LogP contribution in [0.25, 0.3) is 0 Å². The molecule has 0 radical (unpaired) electrons. The van der Waals surface area contributed by atoms with Crippen LogP contribution in [0.5, 0.6) is 5.75 Å². The molecular formula is C15H19N3O2. The SMILES string of the molecule is COc1cccc(CN/C=C(/C#N)C(=O)NC(C)C)c1. The molecule has 1 rings (SSSR count). The van der Waals surface area contributed by atoms with Gasteiger partial charge < -0.3 is 15.4 Å². The second-order valence-electron chi connectivity index (χ2n) is 4.53. The Morgan fingerprint density at radius 1 is 1.50 bits per heavy atom. The normalized spacial score (nSPS) is 10.8. The molecule has 0 fully saturated rings. The van der Waals surface area contributed by atoms with E-state index in [1.807, 2.05) is 44.2 Å². The number of carbonyl (C=O) groups excluding carboxylic acids is 1. The van der Waals surface area contributed by atoms with Gasteiger partial charge in [0.1, 0.15) is 17.4 Å². The van der Waals surface area contributed by atoms with Crippen molar-refractivity contribution >= 4 is 5.91 Å². The molecule has 0 bridgehead atoms. The zero-order chi connectivity index (χ0) is 15.0. The first-order chi connectivity index (χ1) is 9.56. The predicted molar refractivity (Wildman–Crippen MR) is 76.8 cm³/mol. The lowest BCUT2D eigenvalue weighted by molar-refractivity contribution is -0.117. The highest BCUT2D eigenvalue weighted by molar-refractivity contribution is 5.97. The number of hydrogen-bond acceptors (Lipinski definition) is 4. The fourth-order valence-corrected chi connectivity index (χ4v) is 1.54. The Bertz CT molecular complexity index is 530. The second-order valence-corrected chi connectivity index (χ2v) is 4.53. The summed E-state index contributed by atoms with van der Waals surface area (Å²) in [6, 6.07) is 9.44. The molecule has 0 saturated heterocycles. The molecule has 0 aromatic heterocycles. The Hall–Kier alpha value is -2.48. The Morgan fingerprint density at radius 3 is 2.85 bits per heavy atom. The maximum atomic E-state index is 11.7. The summed E-state index contributed by atoms with van der Waals surface area (Å²) in [4.78, 5) is 11.7. The number of nitriles is 1. The largest absolute Gasteiger partial charge is 0.497 e. The molecule has 0 heterocycles. The van der Waals surface area contributed by atoms with Crippen LogP contribution in [0.3, 0.4) is 0 Å². The van der Waals surface area contributed by atoms with Gasteiger partial charge in [-0.15, -0.1) is 0 Å². The molecule has 0 saturated carbocycles. The van der Waals surface area contributed by atoms with Crippen LogP contribution in [-0.2, 0) is 11.3 Å². The summed E-state index contributed by atoms with van der Waals surface area (Å²) in [5.74, 6) is 0.395. The zero-order valence-corrected chi connectivity index (χ0v) is 11.9. The van der Waals surface area contributed by atoms with Gasteiger partial charge in [0.15, 0.2) is 0 Å². The van der Waals surface area contributed by atoms with Crippen LogP contribution in [0.2, 0.25) is 0 Å². The van der Waals surface area contributed by atoms with E-state index in [0.717, 1.165) is 11.3 Å². The summed E-state index contributed by atoms with van der Waals surface area (Å²) < 4.78 is 5.13. The number of carbonyl (C=O) groups is 1. The summed E-state index contributed by atoms with van der Waals surface area (Å²) in [5, 5.41) is 14.6. The van der Waals surface area contributed by atoms with Gasteiger partial charge in [-0.3, -0.25) is 4.79 Å². The molecule has 106 valence electrons. The number of methoxy groups -OCH3 is 1. The Labute approximate surface area is 119 Å². The van der Waals surface area contributed by atoms with E-state index >= 15 is 0 Å². The maximum absolute atomic E-state index is 11.7. The van der Waals surface area contributed by atoms with E-state index in [2.05, 4.69) is 10.6 Å². The van der Waals surface area contributed by atoms with Crippen molar-refractivity contribution < 1.29 is 9.53 Å². The molecule has 1 amide bonds. The first-order valence-corrected chi connectivity index (χ1v) is 6.34. The average molecular weight is 273 g/mol. The number of hydrogen-bond donors (Lipinski definition) is 2. The first-order valence-electron chi connectivity index (χ1n) is 6.34. The third kappa shape index (κ3) is 5.02. The van der Waals surface area contributed by atoms with Crippen LogP contribution < -0.4 is 15.4 Å². The lowest BCUT2D eigenvalue weighted by atomic mass is 10.2. The van der Waals surface area contributed by atoms with Gasteiger partial charge in [-0.25, -0.2) is 0 Å². The van der Waals surface area contributed by atoms with E-state index in [0.29, 0.717) is 6.54 Å². The lowest BCUT2D eigenvalue weighted by Gasteiger charge is -2.08. The fraction of sp³-hybridized carbons (Fsp3) is 0.333. The molecule has 1 aromatic rings. The van der Waals surface area contributed by atoms with Crippen LogP contribution in [0.15, 0.2) is 36.0 Å². The zero-order valence-electron chi connectivity index (χ0n) is 11.9. The van der Waals surface area contributed by atoms with Crippen molar-refractivity contribution in [2.24, 2.45) is 0 Å². The standard InChI is InChI=1S/C15H19N3O2/c1-11(2)18-15(19)13(8-16)10-17-9-12-5-4-6-14(7-12)20-3/h4-7,10-11,17H,9H2,1-3H3,(H,18,19)/b13-10-. The monoisotopic (exact) mass is 273 g/mol. The van der Waals surface area contributed by atoms with Crippen LogP contribution in [0, 0.1) is 11.3 Å². The fourth-order valence-electron chi connectivity index (χ4n) is 1.54. The van der Waals surface area contributed by atoms with E-state index < -0.39 is 0 Å². The summed E-state index contributed by atoms with van der Waals surface area (Å²) in [7, 11) is 1.61. The Kier molecular flexibility index (Phi) is 6.11. The highest BCUT2D eigenvalue weighted by Crippen LogP contribution is 2.12. The lowest BCUT2D eigenvalue weighted by Crippen LogP contribution is -2.31. The molecule has 1 aromatic carbocycles. The van der Waals surface area contributed by atoms with Crippen LogP contribution >= 0.6 is 0 Å². The predicted octanol–water partition coefficient (Wildman–Crippen LogP) is 1.72. The maximum Gasteiger partial charge on any atom is 0.263 e. The van der Waals surface area contributed by atoms with Crippen molar-refractivity contribution in [3.8, 4) is 11.8 Å². The van der Waals surface area contributed by atoms with Crippen molar-refractivity contribution in [1.82, 2.24) is 10.6 Å². The molecule has 0 spiro atoms. The van der Waals surface area contributed by atoms with Gasteiger partial charge in [0.2, 0.25) is 0 Å². The van der Waals surface area contributed by atoms with Gasteiger partial charge in [0.05, 0.1) is 7.11 Å². The minimum absolute atomic E-state index is 0.00219. The van der Waals surface area contributed by atoms with Crippen molar-refractivity contribution in [2.75, 3.05) is 7.11 Å². The van der Waals surface area contributed by atoms with Gasteiger partial charge in [-0.1, -0.05) is 12.1 Å². The summed E-state index contributed by atoms with van der Waals surface area (Å²) in [6.07, 6.45) is 1.43. The number of benzene rings is 1. The molecule has 0 unspecified atom stereocenters. The molecule has 0 aliphatic rings. The molecule has 0 aliphatic carbocycles. The van der Waals surface area contributed by atoms with Gasteiger partial charge in [-0.2, -0.15) is 5.26 Å². The number of rotatable bonds is 6. The van der Waals surface area contributed by atoms with Crippen LogP contribution in [0.1, 0.15) is 19.4 Å². The Morgan fingerprint density at radius 2 is 2.25 bits per heavy atom. The molecule has 5 nitrogen and oxygen atoms in total. The number of amides is 1. The minimum atomic E-state index is -0.374. The first kappa shape index (κ1) is 15.6. The van der Waals surface area contributed by atoms with E-state index in [9.17, 15) is 4.79 Å². The quantitative estimate of drug-likeness (QED) is 0.611. The van der Waals surface area contributed by atoms with Gasteiger partial charge in [0, 0.05) is 18.8 Å². The molecule has 20 heavy (non-hydrogen) atoms. The number of nitrogens with one attached hydrogen (secondary N) is 2. The third-order valence-corrected chi connectivity index (χ3v) is 2.47. The number of ether oxygens (including phenoxy) is 1. The summed E-state index contributed by atoms with van der Waals surface area (Å²) in [6.45, 7) is 4.20. The van der Waals surface area contributed by atoms with Gasteiger partial charge >= 0.3 is 0 Å². The topological polar surface area (TPSA) is 74.1 Å². The van der Waals surface area contributed by atoms with Crippen LogP contribution in [-0.4, -0.2) is 19.1 Å². The molecule has 0 aliphatic heterocycles. The average Bonchev–Trinajstić information content (AvgIpc) is 2.43. The highest BCUT2D eigenvalue weighted by Gasteiger charge is 2.09. The minimum Gasteiger partial charge on any atom is -0.497 e. The van der Waals surface area contributed by atoms with E-state index in [1.165, 1.54) is 6.20 Å². The summed E-state index contributed by atoms with van der Waals surface area (Å²) >= 11 is 0. The molecule has 2 N–H and O–H groups in total. The number of nitrogens with zero attached hydrogens (tertiary/aromatic N) is 1. The van der Waals surface area contributed by atoms with Crippen LogP contribution in [0.4, 0.5) is 0 Å². The van der Waals surface area contributed by atoms with Crippen molar-refractivity contribution in [3.63, 3.8) is 0 Å². The van der Waals surface area contributed by atoms with Gasteiger partial charge in [0.25, 0.3) is 5.91 Å². The van der Waals surface area contributed by atoms with Gasteiger partial charge in [-0.05, 0) is 31.5 Å². The summed E-state index contributed by atoms with van der Waals surface area (Å²) in [5.41, 5.74) is 1.06. The molecular weight excluding hydrogens is 254 g/mol. The molecule has 0 atom stereocenters. The smallest absolute Gasteiger partial charge is 0.263 e. The third-order valence-electron chi connectivity index (χ3n) is 2.47. The van der Waals surface area contributed by atoms with E-state index in [-0.39, 0.29) is 17.5 Å². The highest BCUT2D eigenvalue weighted by atomic mass is 16.5. The van der Waals surface area contributed by atoms with Crippen molar-refractivity contribution in [3.05, 3.63) is 41.6 Å². The van der Waals surface area contributed by atoms with Crippen molar-refractivity contribution in [2.45, 2.75) is 26.4 Å². The Balaban J connectivity index is 2.61. The van der Waals surface area contributed by atoms with Crippen molar-refractivity contribution in [1.29, 1.82) is 5.26 Å². The van der Waals surface area contributed by atoms with E-state index in [4.69, 9.17) is 10.00 Å². The second kappa shape index (κ2) is 7.85. The van der Waals surface area contributed by atoms with E-state index in [1.54, 1.807) is 7.11 Å².